The molecule has 0 saturated carbocycles. The zero-order valence-electron chi connectivity index (χ0n) is 19.1. The number of aromatic amines is 1. The third-order valence-electron chi connectivity index (χ3n) is 5.46. The molecule has 2 saturated heterocycles. The summed E-state index contributed by atoms with van der Waals surface area (Å²) in [6.45, 7) is 0.497. The van der Waals surface area contributed by atoms with Crippen molar-refractivity contribution in [2.75, 3.05) is 26.5 Å². The number of aliphatic hydroxyl groups is 5. The molecule has 0 radical (unpaired) electrons. The summed E-state index contributed by atoms with van der Waals surface area (Å²) in [6, 6.07) is -0.390. The Labute approximate surface area is 203 Å². The lowest BCUT2D eigenvalue weighted by Crippen LogP contribution is -2.62. The van der Waals surface area contributed by atoms with Crippen LogP contribution in [0, 0.1) is 0 Å². The third-order valence-corrected chi connectivity index (χ3v) is 9.04. The molecule has 2 fully saturated rings. The van der Waals surface area contributed by atoms with E-state index in [9.17, 15) is 44.3 Å². The first-order valence-corrected chi connectivity index (χ1v) is 14.5. The van der Waals surface area contributed by atoms with E-state index in [1.54, 1.807) is 0 Å². The van der Waals surface area contributed by atoms with E-state index in [0.29, 0.717) is 0 Å². The summed E-state index contributed by atoms with van der Waals surface area (Å²) in [5, 5.41) is 49.6. The van der Waals surface area contributed by atoms with Gasteiger partial charge in [0, 0.05) is 25.6 Å². The van der Waals surface area contributed by atoms with E-state index in [-0.39, 0.29) is 0 Å². The van der Waals surface area contributed by atoms with Gasteiger partial charge in [-0.05, 0) is 0 Å². The van der Waals surface area contributed by atoms with Gasteiger partial charge in [-0.3, -0.25) is 28.0 Å². The van der Waals surface area contributed by atoms with Crippen molar-refractivity contribution in [1.29, 1.82) is 0 Å². The molecule has 2 aliphatic heterocycles. The van der Waals surface area contributed by atoms with Crippen molar-refractivity contribution in [3.05, 3.63) is 33.1 Å². The monoisotopic (exact) mass is 561 g/mol. The number of hydrogen-bond acceptors (Lipinski definition) is 15. The zero-order valence-corrected chi connectivity index (χ0v) is 20.9. The van der Waals surface area contributed by atoms with Crippen molar-refractivity contribution >= 4 is 15.2 Å². The number of aromatic nitrogens is 2. The summed E-state index contributed by atoms with van der Waals surface area (Å²) in [7, 11) is -8.45. The van der Waals surface area contributed by atoms with Crippen LogP contribution in [-0.2, 0) is 32.0 Å². The van der Waals surface area contributed by atoms with Gasteiger partial charge in [0.25, 0.3) is 5.56 Å². The summed E-state index contributed by atoms with van der Waals surface area (Å²) in [5.41, 5.74) is 4.13. The highest BCUT2D eigenvalue weighted by molar-refractivity contribution is 7.66. The smallest absolute Gasteiger partial charge is 0.337 e. The molecular formula is C17H29N3O14P2. The molecular weight excluding hydrogens is 532 g/mol. The molecule has 0 aliphatic carbocycles. The largest absolute Gasteiger partial charge is 0.394 e. The summed E-state index contributed by atoms with van der Waals surface area (Å²) >= 11 is 0. The van der Waals surface area contributed by atoms with Gasteiger partial charge in [0.2, 0.25) is 0 Å². The van der Waals surface area contributed by atoms with Crippen LogP contribution in [0.2, 0.25) is 0 Å². The van der Waals surface area contributed by atoms with Crippen molar-refractivity contribution < 1.29 is 57.5 Å². The van der Waals surface area contributed by atoms with E-state index in [1.807, 2.05) is 4.98 Å². The van der Waals surface area contributed by atoms with Crippen molar-refractivity contribution in [1.82, 2.24) is 9.55 Å². The number of rotatable bonds is 9. The summed E-state index contributed by atoms with van der Waals surface area (Å²) < 4.78 is 52.4. The standard InChI is InChI=1S/C17H29N3O14P2/c1-35(28,34-36(2,29)33-16-10(18)13(25)11(23)7(5-21)32-16)30-6-8-12(24)14(26)15(31-8)20-4-3-9(22)19-17(20)27/h3-4,7-8,10-16,21,23-26H,5-6,18H2,1-2H3,(H,19,22,27)/t7?,8?,10?,11-,12+,13+,14+,15?,16+,35?,36?/m0/s1. The Morgan fingerprint density at radius 1 is 1.03 bits per heavy atom. The topological polar surface area (TPSA) is 262 Å². The van der Waals surface area contributed by atoms with Crippen molar-refractivity contribution in [3.63, 3.8) is 0 Å². The van der Waals surface area contributed by atoms with Gasteiger partial charge in [0.15, 0.2) is 12.5 Å². The van der Waals surface area contributed by atoms with E-state index < -0.39 is 94.8 Å². The number of nitrogens with one attached hydrogen (secondary N) is 1. The molecule has 206 valence electrons. The van der Waals surface area contributed by atoms with Crippen LogP contribution in [-0.4, -0.2) is 111 Å². The fourth-order valence-corrected chi connectivity index (χ4v) is 7.12. The van der Waals surface area contributed by atoms with Gasteiger partial charge >= 0.3 is 20.9 Å². The molecule has 6 unspecified atom stereocenters. The van der Waals surface area contributed by atoms with Gasteiger partial charge in [-0.1, -0.05) is 0 Å². The van der Waals surface area contributed by atoms with Gasteiger partial charge in [-0.25, -0.2) is 9.11 Å². The second-order valence-electron chi connectivity index (χ2n) is 8.37. The maximum Gasteiger partial charge on any atom is 0.337 e. The lowest BCUT2D eigenvalue weighted by atomic mass is 9.98. The van der Waals surface area contributed by atoms with E-state index in [4.69, 9.17) is 28.6 Å². The Balaban J connectivity index is 1.61. The SMILES string of the molecule is CP(=O)(OCC1OC(n2ccc(=O)[nH]c2=O)[C@H](O)[C@@H]1O)OP(C)(=O)O[C@H]1OC(CO)[C@H](O)[C@H](O)C1N. The second kappa shape index (κ2) is 11.2. The maximum absolute atomic E-state index is 12.8. The molecule has 0 amide bonds. The Kier molecular flexibility index (Phi) is 9.11. The minimum atomic E-state index is -4.26. The minimum Gasteiger partial charge on any atom is -0.394 e. The molecule has 1 aromatic rings. The summed E-state index contributed by atoms with van der Waals surface area (Å²) in [4.78, 5) is 25.2. The molecule has 0 aromatic carbocycles. The third kappa shape index (κ3) is 6.57. The van der Waals surface area contributed by atoms with Crippen molar-refractivity contribution in [2.45, 2.75) is 55.2 Å². The van der Waals surface area contributed by atoms with E-state index in [2.05, 4.69) is 0 Å². The highest BCUT2D eigenvalue weighted by Gasteiger charge is 2.47. The Hall–Kier alpha value is -1.30. The molecule has 8 N–H and O–H groups in total. The van der Waals surface area contributed by atoms with Gasteiger partial charge < -0.3 is 45.3 Å². The molecule has 19 heteroatoms. The van der Waals surface area contributed by atoms with E-state index in [1.165, 1.54) is 0 Å². The molecule has 1 aromatic heterocycles. The van der Waals surface area contributed by atoms with E-state index >= 15 is 0 Å². The van der Waals surface area contributed by atoms with Crippen LogP contribution in [0.15, 0.2) is 21.9 Å². The van der Waals surface area contributed by atoms with Crippen LogP contribution in [0.1, 0.15) is 6.23 Å². The quantitative estimate of drug-likeness (QED) is 0.145. The Bertz CT molecular complexity index is 1130. The minimum absolute atomic E-state index is 0.641. The van der Waals surface area contributed by atoms with Crippen LogP contribution in [0.5, 0.6) is 0 Å². The molecule has 3 rings (SSSR count). The van der Waals surface area contributed by atoms with Crippen molar-refractivity contribution in [2.24, 2.45) is 5.73 Å². The molecule has 0 bridgehead atoms. The molecule has 11 atom stereocenters. The maximum atomic E-state index is 12.8. The molecule has 17 nitrogen and oxygen atoms in total. The predicted molar refractivity (Wildman–Crippen MR) is 118 cm³/mol. The molecule has 3 heterocycles. The average Bonchev–Trinajstić information content (AvgIpc) is 3.06. The number of nitrogens with two attached hydrogens (primary N) is 1. The van der Waals surface area contributed by atoms with Gasteiger partial charge in [-0.15, -0.1) is 0 Å². The van der Waals surface area contributed by atoms with Crippen LogP contribution < -0.4 is 17.0 Å². The summed E-state index contributed by atoms with van der Waals surface area (Å²) in [5.74, 6) is 0. The average molecular weight is 561 g/mol. The molecule has 36 heavy (non-hydrogen) atoms. The number of nitrogens with zero attached hydrogens (tertiary/aromatic N) is 1. The first kappa shape index (κ1) is 29.3. The molecule has 0 spiro atoms. The second-order valence-corrected chi connectivity index (χ2v) is 12.6. The highest BCUT2D eigenvalue weighted by Crippen LogP contribution is 2.62. The molecule has 2 aliphatic rings. The van der Waals surface area contributed by atoms with E-state index in [0.717, 1.165) is 30.2 Å². The highest BCUT2D eigenvalue weighted by atomic mass is 31.3. The first-order chi connectivity index (χ1) is 16.7. The Morgan fingerprint density at radius 3 is 2.28 bits per heavy atom. The predicted octanol–water partition coefficient (Wildman–Crippen LogP) is -3.38. The number of aliphatic hydroxyl groups excluding tert-OH is 5. The van der Waals surface area contributed by atoms with Gasteiger partial charge in [0.1, 0.15) is 36.6 Å². The number of ether oxygens (including phenoxy) is 2. The normalized spacial score (nSPS) is 38.4. The first-order valence-electron chi connectivity index (χ1n) is 10.6. The van der Waals surface area contributed by atoms with Crippen LogP contribution in [0.25, 0.3) is 0 Å². The lowest BCUT2D eigenvalue weighted by molar-refractivity contribution is -0.240. The van der Waals surface area contributed by atoms with Gasteiger partial charge in [-0.2, -0.15) is 0 Å². The fraction of sp³-hybridized carbons (Fsp3) is 0.765. The zero-order chi connectivity index (χ0) is 27.0. The lowest BCUT2D eigenvalue weighted by Gasteiger charge is -2.40. The number of H-pyrrole nitrogens is 1. The Morgan fingerprint density at radius 2 is 1.67 bits per heavy atom. The van der Waals surface area contributed by atoms with Crippen molar-refractivity contribution in [3.8, 4) is 0 Å². The number of hydrogen-bond donors (Lipinski definition) is 7. The van der Waals surface area contributed by atoms with Gasteiger partial charge in [0.05, 0.1) is 19.3 Å². The fourth-order valence-electron chi connectivity index (χ4n) is 3.63. The van der Waals surface area contributed by atoms with Crippen LogP contribution in [0.4, 0.5) is 0 Å². The van der Waals surface area contributed by atoms with Crippen LogP contribution >= 0.6 is 15.2 Å². The van der Waals surface area contributed by atoms with Crippen LogP contribution in [0.3, 0.4) is 0 Å². The summed E-state index contributed by atoms with van der Waals surface area (Å²) in [6.07, 6.45) is -10.9.